The van der Waals surface area contributed by atoms with E-state index in [1.807, 2.05) is 17.5 Å². The lowest BCUT2D eigenvalue weighted by Crippen LogP contribution is -2.25. The summed E-state index contributed by atoms with van der Waals surface area (Å²) in [5.41, 5.74) is 1.06. The molecule has 3 aromatic rings. The van der Waals surface area contributed by atoms with Crippen molar-refractivity contribution in [3.05, 3.63) is 58.0 Å². The molecule has 0 fully saturated rings. The van der Waals surface area contributed by atoms with Crippen molar-refractivity contribution in [3.63, 3.8) is 0 Å². The number of carbonyl (C=O) groups is 1. The van der Waals surface area contributed by atoms with E-state index in [1.165, 1.54) is 4.88 Å². The van der Waals surface area contributed by atoms with Crippen LogP contribution in [0.3, 0.4) is 0 Å². The van der Waals surface area contributed by atoms with E-state index in [-0.39, 0.29) is 19.3 Å². The van der Waals surface area contributed by atoms with E-state index in [0.717, 1.165) is 6.42 Å². The topological polar surface area (TPSA) is 85.5 Å². The van der Waals surface area contributed by atoms with Gasteiger partial charge in [-0.15, -0.1) is 11.3 Å². The molecule has 0 unspecified atom stereocenters. The van der Waals surface area contributed by atoms with Crippen molar-refractivity contribution in [1.29, 1.82) is 0 Å². The summed E-state index contributed by atoms with van der Waals surface area (Å²) in [5, 5.41) is 11.8. The van der Waals surface area contributed by atoms with E-state index in [1.54, 1.807) is 29.5 Å². The van der Waals surface area contributed by atoms with Gasteiger partial charge in [0.2, 0.25) is 6.79 Å². The van der Waals surface area contributed by atoms with Gasteiger partial charge in [0.1, 0.15) is 18.1 Å². The molecule has 2 aromatic heterocycles. The molecule has 0 radical (unpaired) electrons. The Morgan fingerprint density at radius 3 is 3.08 bits per heavy atom. The first kappa shape index (κ1) is 16.5. The zero-order valence-corrected chi connectivity index (χ0v) is 14.7. The van der Waals surface area contributed by atoms with Crippen molar-refractivity contribution in [2.75, 3.05) is 13.3 Å². The van der Waals surface area contributed by atoms with Crippen LogP contribution < -0.4 is 19.5 Å². The molecule has 7 nitrogen and oxygen atoms in total. The summed E-state index contributed by atoms with van der Waals surface area (Å²) >= 11 is 1.68. The Hall–Kier alpha value is -3.00. The minimum Gasteiger partial charge on any atom is -0.487 e. The van der Waals surface area contributed by atoms with Gasteiger partial charge in [-0.2, -0.15) is 5.10 Å². The van der Waals surface area contributed by atoms with E-state index < -0.39 is 0 Å². The van der Waals surface area contributed by atoms with Gasteiger partial charge in [0.25, 0.3) is 5.91 Å². The Balaban J connectivity index is 1.28. The lowest BCUT2D eigenvalue weighted by molar-refractivity contribution is 0.0949. The van der Waals surface area contributed by atoms with Gasteiger partial charge >= 0.3 is 0 Å². The summed E-state index contributed by atoms with van der Waals surface area (Å²) in [5.74, 6) is 1.83. The van der Waals surface area contributed by atoms with E-state index in [0.29, 0.717) is 35.2 Å². The fraction of sp³-hybridized carbons (Fsp3) is 0.222. The van der Waals surface area contributed by atoms with Crippen LogP contribution in [-0.2, 0) is 13.0 Å². The van der Waals surface area contributed by atoms with Crippen molar-refractivity contribution < 1.29 is 19.0 Å². The molecule has 0 saturated heterocycles. The average Bonchev–Trinajstić information content (AvgIpc) is 3.40. The predicted octanol–water partition coefficient (Wildman–Crippen LogP) is 2.75. The first-order valence-electron chi connectivity index (χ1n) is 8.15. The zero-order valence-electron chi connectivity index (χ0n) is 13.9. The largest absolute Gasteiger partial charge is 0.487 e. The maximum atomic E-state index is 12.1. The van der Waals surface area contributed by atoms with Crippen molar-refractivity contribution in [3.8, 4) is 17.2 Å². The molecule has 4 rings (SSSR count). The highest BCUT2D eigenvalue weighted by atomic mass is 32.1. The highest BCUT2D eigenvalue weighted by Gasteiger charge is 2.14. The van der Waals surface area contributed by atoms with E-state index >= 15 is 0 Å². The number of amides is 1. The summed E-state index contributed by atoms with van der Waals surface area (Å²) in [6, 6.07) is 11.1. The van der Waals surface area contributed by atoms with Gasteiger partial charge < -0.3 is 19.5 Å². The Labute approximate surface area is 153 Å². The monoisotopic (exact) mass is 371 g/mol. The summed E-state index contributed by atoms with van der Waals surface area (Å²) in [4.78, 5) is 13.4. The van der Waals surface area contributed by atoms with Crippen LogP contribution >= 0.6 is 11.3 Å². The number of aromatic amines is 1. The van der Waals surface area contributed by atoms with Crippen molar-refractivity contribution in [2.45, 2.75) is 13.0 Å². The minimum absolute atomic E-state index is 0.202. The smallest absolute Gasteiger partial charge is 0.271 e. The standard InChI is InChI=1S/C18H17N3O4S/c22-18(19-6-5-14-2-1-7-26-14)15-8-12(20-21-15)10-23-13-3-4-16-17(9-13)25-11-24-16/h1-4,7-9H,5-6,10-11H2,(H,19,22)(H,20,21). The predicted molar refractivity (Wildman–Crippen MR) is 95.8 cm³/mol. The average molecular weight is 371 g/mol. The number of carbonyl (C=O) groups excluding carboxylic acids is 1. The SMILES string of the molecule is O=C(NCCc1cccs1)c1cc(COc2ccc3c(c2)OCO3)[nH]n1. The number of aromatic nitrogens is 2. The number of ether oxygens (including phenoxy) is 3. The molecule has 1 aliphatic heterocycles. The third-order valence-corrected chi connectivity index (χ3v) is 4.78. The molecule has 1 aliphatic rings. The van der Waals surface area contributed by atoms with Gasteiger partial charge in [-0.1, -0.05) is 6.07 Å². The number of hydrogen-bond donors (Lipinski definition) is 2. The zero-order chi connectivity index (χ0) is 17.8. The molecular formula is C18H17N3O4S. The number of nitrogens with one attached hydrogen (secondary N) is 2. The number of hydrogen-bond acceptors (Lipinski definition) is 6. The maximum absolute atomic E-state index is 12.1. The summed E-state index contributed by atoms with van der Waals surface area (Å²) in [7, 11) is 0. The van der Waals surface area contributed by atoms with Crippen molar-refractivity contribution in [2.24, 2.45) is 0 Å². The van der Waals surface area contributed by atoms with Crippen LogP contribution in [0.4, 0.5) is 0 Å². The Kier molecular flexibility index (Phi) is 4.74. The molecule has 2 N–H and O–H groups in total. The number of fused-ring (bicyclic) bond motifs is 1. The van der Waals surface area contributed by atoms with Gasteiger partial charge in [0.15, 0.2) is 11.5 Å². The molecule has 8 heteroatoms. The molecule has 3 heterocycles. The molecule has 134 valence electrons. The third kappa shape index (κ3) is 3.80. The van der Waals surface area contributed by atoms with Crippen LogP contribution in [0.1, 0.15) is 21.1 Å². The van der Waals surface area contributed by atoms with Crippen LogP contribution in [0.25, 0.3) is 0 Å². The molecule has 0 atom stereocenters. The first-order chi connectivity index (χ1) is 12.8. The molecule has 0 aliphatic carbocycles. The van der Waals surface area contributed by atoms with Gasteiger partial charge in [-0.05, 0) is 36.1 Å². The van der Waals surface area contributed by atoms with Crippen LogP contribution in [0.15, 0.2) is 41.8 Å². The van der Waals surface area contributed by atoms with Crippen molar-refractivity contribution >= 4 is 17.2 Å². The number of nitrogens with zero attached hydrogens (tertiary/aromatic N) is 1. The van der Waals surface area contributed by atoms with Crippen LogP contribution in [0.5, 0.6) is 17.2 Å². The molecule has 26 heavy (non-hydrogen) atoms. The number of rotatable bonds is 7. The first-order valence-corrected chi connectivity index (χ1v) is 9.03. The second kappa shape index (κ2) is 7.49. The van der Waals surface area contributed by atoms with Crippen molar-refractivity contribution in [1.82, 2.24) is 15.5 Å². The quantitative estimate of drug-likeness (QED) is 0.667. The van der Waals surface area contributed by atoms with E-state index in [9.17, 15) is 4.79 Å². The second-order valence-corrected chi connectivity index (χ2v) is 6.70. The number of H-pyrrole nitrogens is 1. The molecular weight excluding hydrogens is 354 g/mol. The van der Waals surface area contributed by atoms with E-state index in [4.69, 9.17) is 14.2 Å². The number of thiophene rings is 1. The molecule has 0 saturated carbocycles. The lowest BCUT2D eigenvalue weighted by atomic mass is 10.3. The summed E-state index contributed by atoms with van der Waals surface area (Å²) < 4.78 is 16.3. The van der Waals surface area contributed by atoms with Crippen LogP contribution in [0, 0.1) is 0 Å². The van der Waals surface area contributed by atoms with Gasteiger partial charge in [0, 0.05) is 17.5 Å². The summed E-state index contributed by atoms with van der Waals surface area (Å²) in [6.07, 6.45) is 0.813. The second-order valence-electron chi connectivity index (χ2n) is 5.67. The third-order valence-electron chi connectivity index (χ3n) is 3.84. The Morgan fingerprint density at radius 2 is 2.19 bits per heavy atom. The fourth-order valence-electron chi connectivity index (χ4n) is 2.52. The molecule has 1 aromatic carbocycles. The molecule has 1 amide bonds. The molecule has 0 bridgehead atoms. The van der Waals surface area contributed by atoms with Gasteiger partial charge in [-0.25, -0.2) is 0 Å². The fourth-order valence-corrected chi connectivity index (χ4v) is 3.23. The lowest BCUT2D eigenvalue weighted by Gasteiger charge is -2.05. The number of benzene rings is 1. The van der Waals surface area contributed by atoms with Crippen LogP contribution in [0.2, 0.25) is 0 Å². The van der Waals surface area contributed by atoms with E-state index in [2.05, 4.69) is 21.6 Å². The summed E-state index contributed by atoms with van der Waals surface area (Å²) in [6.45, 7) is 1.08. The minimum atomic E-state index is -0.202. The van der Waals surface area contributed by atoms with Gasteiger partial charge in [0.05, 0.1) is 5.69 Å². The maximum Gasteiger partial charge on any atom is 0.271 e. The Bertz CT molecular complexity index is 892. The van der Waals surface area contributed by atoms with Gasteiger partial charge in [-0.3, -0.25) is 9.89 Å². The highest BCUT2D eigenvalue weighted by Crippen LogP contribution is 2.35. The Morgan fingerprint density at radius 1 is 1.27 bits per heavy atom. The molecule has 0 spiro atoms. The normalized spacial score (nSPS) is 12.2. The van der Waals surface area contributed by atoms with Crippen LogP contribution in [-0.4, -0.2) is 29.4 Å². The highest BCUT2D eigenvalue weighted by molar-refractivity contribution is 7.09.